The van der Waals surface area contributed by atoms with Crippen molar-refractivity contribution in [2.24, 2.45) is 5.92 Å². The Morgan fingerprint density at radius 2 is 2.10 bits per heavy atom. The van der Waals surface area contributed by atoms with Crippen molar-refractivity contribution in [1.29, 1.82) is 0 Å². The largest absolute Gasteiger partial charge is 0.311 e. The average molecular weight is 296 g/mol. The molecular weight excluding hydrogens is 270 g/mol. The lowest BCUT2D eigenvalue weighted by Crippen LogP contribution is -2.57. The van der Waals surface area contributed by atoms with Crippen LogP contribution >= 0.6 is 0 Å². The first kappa shape index (κ1) is 16.4. The first-order valence-corrected chi connectivity index (χ1v) is 7.96. The molecule has 1 saturated heterocycles. The van der Waals surface area contributed by atoms with Gasteiger partial charge in [0.2, 0.25) is 0 Å². The van der Waals surface area contributed by atoms with E-state index in [1.807, 2.05) is 0 Å². The van der Waals surface area contributed by atoms with E-state index in [0.29, 0.717) is 30.1 Å². The summed E-state index contributed by atoms with van der Waals surface area (Å²) in [6.45, 7) is 8.87. The number of nitrogens with one attached hydrogen (secondary N) is 1. The summed E-state index contributed by atoms with van der Waals surface area (Å²) in [6.07, 6.45) is 2.13. The molecule has 0 spiro atoms. The summed E-state index contributed by atoms with van der Waals surface area (Å²) in [5, 5.41) is 3.60. The van der Waals surface area contributed by atoms with E-state index in [2.05, 4.69) is 31.0 Å². The van der Waals surface area contributed by atoms with Crippen LogP contribution in [0.4, 0.5) is 8.78 Å². The van der Waals surface area contributed by atoms with Gasteiger partial charge in [-0.05, 0) is 30.5 Å². The third-order valence-electron chi connectivity index (χ3n) is 4.75. The number of hydrogen-bond acceptors (Lipinski definition) is 2. The number of piperazine rings is 1. The molecule has 0 bridgehead atoms. The molecule has 1 aliphatic heterocycles. The molecule has 2 rings (SSSR count). The predicted molar refractivity (Wildman–Crippen MR) is 82.1 cm³/mol. The van der Waals surface area contributed by atoms with Gasteiger partial charge in [-0.25, -0.2) is 8.78 Å². The van der Waals surface area contributed by atoms with Crippen molar-refractivity contribution < 1.29 is 8.78 Å². The molecule has 1 aliphatic rings. The molecule has 118 valence electrons. The minimum Gasteiger partial charge on any atom is -0.311 e. The molecule has 0 aliphatic carbocycles. The van der Waals surface area contributed by atoms with Gasteiger partial charge in [0.05, 0.1) is 0 Å². The van der Waals surface area contributed by atoms with Gasteiger partial charge in [0, 0.05) is 37.3 Å². The minimum atomic E-state index is -0.368. The zero-order chi connectivity index (χ0) is 15.4. The van der Waals surface area contributed by atoms with E-state index >= 15 is 0 Å². The van der Waals surface area contributed by atoms with E-state index in [4.69, 9.17) is 0 Å². The van der Waals surface area contributed by atoms with Crippen LogP contribution in [-0.4, -0.2) is 30.1 Å². The van der Waals surface area contributed by atoms with Crippen LogP contribution in [-0.2, 0) is 6.54 Å². The normalized spacial score (nSPS) is 25.0. The molecular formula is C17H26F2N2. The van der Waals surface area contributed by atoms with E-state index in [1.165, 1.54) is 18.2 Å². The van der Waals surface area contributed by atoms with Gasteiger partial charge in [-0.3, -0.25) is 4.90 Å². The first-order chi connectivity index (χ1) is 10.0. The SMILES string of the molecule is CCC(C)C1CN(Cc2cc(F)ccc2F)C(CC)CN1. The van der Waals surface area contributed by atoms with Crippen molar-refractivity contribution >= 4 is 0 Å². The van der Waals surface area contributed by atoms with Crippen LogP contribution in [0.1, 0.15) is 39.2 Å². The molecule has 0 radical (unpaired) electrons. The van der Waals surface area contributed by atoms with Crippen LogP contribution in [0, 0.1) is 17.6 Å². The monoisotopic (exact) mass is 296 g/mol. The first-order valence-electron chi connectivity index (χ1n) is 7.96. The van der Waals surface area contributed by atoms with Crippen molar-refractivity contribution in [3.05, 3.63) is 35.4 Å². The Kier molecular flexibility index (Phi) is 5.71. The Hall–Kier alpha value is -1.00. The van der Waals surface area contributed by atoms with Gasteiger partial charge in [-0.2, -0.15) is 0 Å². The fourth-order valence-corrected chi connectivity index (χ4v) is 3.03. The lowest BCUT2D eigenvalue weighted by molar-refractivity contribution is 0.0981. The highest BCUT2D eigenvalue weighted by atomic mass is 19.1. The van der Waals surface area contributed by atoms with Crippen molar-refractivity contribution in [3.8, 4) is 0 Å². The number of benzene rings is 1. The van der Waals surface area contributed by atoms with Crippen molar-refractivity contribution in [3.63, 3.8) is 0 Å². The molecule has 1 N–H and O–H groups in total. The van der Waals surface area contributed by atoms with Crippen LogP contribution in [0.5, 0.6) is 0 Å². The fourth-order valence-electron chi connectivity index (χ4n) is 3.03. The average Bonchev–Trinajstić information content (AvgIpc) is 2.50. The van der Waals surface area contributed by atoms with E-state index in [9.17, 15) is 8.78 Å². The van der Waals surface area contributed by atoms with Gasteiger partial charge in [-0.1, -0.05) is 27.2 Å². The van der Waals surface area contributed by atoms with Crippen LogP contribution in [0.25, 0.3) is 0 Å². The summed E-state index contributed by atoms with van der Waals surface area (Å²) in [5.74, 6) is -0.0967. The Labute approximate surface area is 126 Å². The maximum atomic E-state index is 13.9. The topological polar surface area (TPSA) is 15.3 Å². The van der Waals surface area contributed by atoms with Gasteiger partial charge >= 0.3 is 0 Å². The van der Waals surface area contributed by atoms with Crippen molar-refractivity contribution in [2.75, 3.05) is 13.1 Å². The third-order valence-corrected chi connectivity index (χ3v) is 4.75. The van der Waals surface area contributed by atoms with Crippen LogP contribution in [0.15, 0.2) is 18.2 Å². The van der Waals surface area contributed by atoms with Crippen LogP contribution in [0.3, 0.4) is 0 Å². The Morgan fingerprint density at radius 3 is 2.76 bits per heavy atom. The molecule has 1 fully saturated rings. The highest BCUT2D eigenvalue weighted by Crippen LogP contribution is 2.21. The quantitative estimate of drug-likeness (QED) is 0.893. The number of hydrogen-bond donors (Lipinski definition) is 1. The van der Waals surface area contributed by atoms with Crippen LogP contribution < -0.4 is 5.32 Å². The summed E-state index contributed by atoms with van der Waals surface area (Å²) in [6, 6.07) is 4.53. The van der Waals surface area contributed by atoms with E-state index in [0.717, 1.165) is 25.9 Å². The van der Waals surface area contributed by atoms with Gasteiger partial charge in [0.25, 0.3) is 0 Å². The highest BCUT2D eigenvalue weighted by Gasteiger charge is 2.29. The summed E-state index contributed by atoms with van der Waals surface area (Å²) in [7, 11) is 0. The smallest absolute Gasteiger partial charge is 0.127 e. The molecule has 1 heterocycles. The van der Waals surface area contributed by atoms with E-state index in [1.54, 1.807) is 0 Å². The van der Waals surface area contributed by atoms with Gasteiger partial charge in [0.1, 0.15) is 11.6 Å². The molecule has 0 saturated carbocycles. The maximum Gasteiger partial charge on any atom is 0.127 e. The van der Waals surface area contributed by atoms with Crippen molar-refractivity contribution in [2.45, 2.75) is 52.2 Å². The van der Waals surface area contributed by atoms with Gasteiger partial charge in [0.15, 0.2) is 0 Å². The highest BCUT2D eigenvalue weighted by molar-refractivity contribution is 5.19. The van der Waals surface area contributed by atoms with Gasteiger partial charge < -0.3 is 5.32 Å². The lowest BCUT2D eigenvalue weighted by Gasteiger charge is -2.42. The molecule has 21 heavy (non-hydrogen) atoms. The molecule has 3 atom stereocenters. The second-order valence-electron chi connectivity index (χ2n) is 6.13. The molecule has 0 amide bonds. The Morgan fingerprint density at radius 1 is 1.33 bits per heavy atom. The fraction of sp³-hybridized carbons (Fsp3) is 0.647. The van der Waals surface area contributed by atoms with Crippen molar-refractivity contribution in [1.82, 2.24) is 10.2 Å². The molecule has 4 heteroatoms. The molecule has 2 nitrogen and oxygen atoms in total. The number of halogens is 2. The Bertz CT molecular complexity index is 464. The predicted octanol–water partition coefficient (Wildman–Crippen LogP) is 3.56. The lowest BCUT2D eigenvalue weighted by atomic mass is 9.94. The minimum absolute atomic E-state index is 0.315. The van der Waals surface area contributed by atoms with E-state index in [-0.39, 0.29) is 11.6 Å². The zero-order valence-corrected chi connectivity index (χ0v) is 13.2. The second-order valence-corrected chi connectivity index (χ2v) is 6.13. The number of nitrogens with zero attached hydrogens (tertiary/aromatic N) is 1. The molecule has 1 aromatic carbocycles. The molecule has 0 aromatic heterocycles. The number of rotatable bonds is 5. The standard InChI is InChI=1S/C17H26F2N2/c1-4-12(3)17-11-21(15(5-2)9-20-17)10-13-8-14(18)6-7-16(13)19/h6-8,12,15,17,20H,4-5,9-11H2,1-3H3. The summed E-state index contributed by atoms with van der Waals surface area (Å²) in [4.78, 5) is 2.30. The molecule has 3 unspecified atom stereocenters. The zero-order valence-electron chi connectivity index (χ0n) is 13.2. The van der Waals surface area contributed by atoms with E-state index < -0.39 is 0 Å². The summed E-state index contributed by atoms with van der Waals surface area (Å²) in [5.41, 5.74) is 0.457. The summed E-state index contributed by atoms with van der Waals surface area (Å²) >= 11 is 0. The Balaban J connectivity index is 2.12. The van der Waals surface area contributed by atoms with Gasteiger partial charge in [-0.15, -0.1) is 0 Å². The van der Waals surface area contributed by atoms with Crippen LogP contribution in [0.2, 0.25) is 0 Å². The molecule has 1 aromatic rings. The summed E-state index contributed by atoms with van der Waals surface area (Å²) < 4.78 is 27.2. The maximum absolute atomic E-state index is 13.9. The third kappa shape index (κ3) is 4.01. The second kappa shape index (κ2) is 7.32.